The highest BCUT2D eigenvalue weighted by Gasteiger charge is 2.13. The molecule has 1 N–H and O–H groups in total. The van der Waals surface area contributed by atoms with Gasteiger partial charge in [-0.3, -0.25) is 0 Å². The Morgan fingerprint density at radius 3 is 2.48 bits per heavy atom. The third kappa shape index (κ3) is 6.26. The molecule has 3 nitrogen and oxygen atoms in total. The van der Waals surface area contributed by atoms with E-state index >= 15 is 0 Å². The molecule has 1 atom stereocenters. The van der Waals surface area contributed by atoms with Gasteiger partial charge in [-0.25, -0.2) is 0 Å². The second-order valence-electron chi connectivity index (χ2n) is 5.56. The van der Waals surface area contributed by atoms with Gasteiger partial charge in [-0.15, -0.1) is 12.6 Å². The summed E-state index contributed by atoms with van der Waals surface area (Å²) >= 11 is 4.15. The minimum Gasteiger partial charge on any atom is -0.496 e. The Hall–Kier alpha value is -1.49. The number of methoxy groups -OCH3 is 1. The number of hydrogen-bond acceptors (Lipinski definition) is 4. The zero-order valence-corrected chi connectivity index (χ0v) is 14.7. The summed E-state index contributed by atoms with van der Waals surface area (Å²) in [7, 11) is 1.63. The summed E-state index contributed by atoms with van der Waals surface area (Å²) in [6.07, 6.45) is 1.37. The first-order chi connectivity index (χ1) is 11.2. The topological polar surface area (TPSA) is 30.5 Å². The van der Waals surface area contributed by atoms with Gasteiger partial charge in [0.05, 0.1) is 19.8 Å². The molecule has 0 saturated carbocycles. The van der Waals surface area contributed by atoms with Gasteiger partial charge in [0.2, 0.25) is 0 Å². The van der Waals surface area contributed by atoms with E-state index in [0.29, 0.717) is 6.10 Å². The Balaban J connectivity index is 0.000000185. The zero-order valence-electron chi connectivity index (χ0n) is 13.8. The molecule has 0 aromatic heterocycles. The number of aryl methyl sites for hydroxylation is 1. The van der Waals surface area contributed by atoms with Crippen molar-refractivity contribution in [3.8, 4) is 5.75 Å². The van der Waals surface area contributed by atoms with Crippen molar-refractivity contribution in [2.75, 3.05) is 26.8 Å². The number of ether oxygens (including phenoxy) is 2. The molecular weight excluding hydrogens is 306 g/mol. The predicted molar refractivity (Wildman–Crippen MR) is 97.7 cm³/mol. The van der Waals surface area contributed by atoms with Crippen LogP contribution in [0, 0.1) is 6.92 Å². The molecule has 1 aliphatic heterocycles. The molecule has 0 bridgehead atoms. The first-order valence-electron chi connectivity index (χ1n) is 7.89. The van der Waals surface area contributed by atoms with E-state index in [-0.39, 0.29) is 0 Å². The van der Waals surface area contributed by atoms with Crippen LogP contribution in [0.15, 0.2) is 53.4 Å². The lowest BCUT2D eigenvalue weighted by atomic mass is 10.1. The summed E-state index contributed by atoms with van der Waals surface area (Å²) in [4.78, 5) is 0.875. The lowest BCUT2D eigenvalue weighted by Gasteiger charge is -2.23. The lowest BCUT2D eigenvalue weighted by Crippen LogP contribution is -2.39. The fourth-order valence-corrected chi connectivity index (χ4v) is 2.62. The van der Waals surface area contributed by atoms with Crippen molar-refractivity contribution in [3.63, 3.8) is 0 Å². The maximum absolute atomic E-state index is 5.65. The highest BCUT2D eigenvalue weighted by molar-refractivity contribution is 7.80. The largest absolute Gasteiger partial charge is 0.496 e. The second-order valence-corrected chi connectivity index (χ2v) is 6.04. The molecule has 0 radical (unpaired) electrons. The molecule has 0 spiro atoms. The summed E-state index contributed by atoms with van der Waals surface area (Å²) in [6, 6.07) is 16.3. The van der Waals surface area contributed by atoms with E-state index in [9.17, 15) is 0 Å². The van der Waals surface area contributed by atoms with Crippen molar-refractivity contribution in [2.45, 2.75) is 24.3 Å². The van der Waals surface area contributed by atoms with Crippen LogP contribution < -0.4 is 10.1 Å². The summed E-state index contributed by atoms with van der Waals surface area (Å²) < 4.78 is 10.6. The Morgan fingerprint density at radius 2 is 1.91 bits per heavy atom. The summed E-state index contributed by atoms with van der Waals surface area (Å²) in [5.74, 6) is 0.820. The van der Waals surface area contributed by atoms with Gasteiger partial charge in [-0.2, -0.15) is 0 Å². The summed E-state index contributed by atoms with van der Waals surface area (Å²) in [5, 5.41) is 3.34. The summed E-state index contributed by atoms with van der Waals surface area (Å²) in [5.41, 5.74) is 2.68. The molecule has 1 unspecified atom stereocenters. The molecule has 2 aromatic carbocycles. The monoisotopic (exact) mass is 331 g/mol. The quantitative estimate of drug-likeness (QED) is 0.844. The van der Waals surface area contributed by atoms with E-state index in [1.165, 1.54) is 11.1 Å². The van der Waals surface area contributed by atoms with Gasteiger partial charge < -0.3 is 14.8 Å². The fraction of sp³-hybridized carbons (Fsp3) is 0.368. The molecule has 0 aliphatic carbocycles. The molecule has 0 amide bonds. The Kier molecular flexibility index (Phi) is 7.46. The minimum absolute atomic E-state index is 0.353. The molecule has 1 aliphatic rings. The van der Waals surface area contributed by atoms with Crippen molar-refractivity contribution >= 4 is 12.6 Å². The second kappa shape index (κ2) is 9.60. The van der Waals surface area contributed by atoms with Gasteiger partial charge in [0, 0.05) is 18.0 Å². The molecule has 1 fully saturated rings. The van der Waals surface area contributed by atoms with Crippen LogP contribution >= 0.6 is 12.6 Å². The number of hydrogen-bond donors (Lipinski definition) is 2. The molecule has 4 heteroatoms. The van der Waals surface area contributed by atoms with Crippen molar-refractivity contribution in [1.82, 2.24) is 5.32 Å². The average Bonchev–Trinajstić information content (AvgIpc) is 2.59. The number of para-hydroxylation sites is 1. The third-order valence-corrected chi connectivity index (χ3v) is 4.04. The smallest absolute Gasteiger partial charge is 0.132 e. The summed E-state index contributed by atoms with van der Waals surface area (Å²) in [6.45, 7) is 4.93. The van der Waals surface area contributed by atoms with Crippen LogP contribution in [0.5, 0.6) is 5.75 Å². The molecule has 3 rings (SSSR count). The van der Waals surface area contributed by atoms with Crippen LogP contribution in [0.2, 0.25) is 0 Å². The maximum atomic E-state index is 5.65. The highest BCUT2D eigenvalue weighted by atomic mass is 32.1. The highest BCUT2D eigenvalue weighted by Crippen LogP contribution is 2.19. The van der Waals surface area contributed by atoms with Gasteiger partial charge in [0.25, 0.3) is 0 Å². The molecule has 1 heterocycles. The van der Waals surface area contributed by atoms with Gasteiger partial charge in [0.15, 0.2) is 0 Å². The Morgan fingerprint density at radius 1 is 1.17 bits per heavy atom. The van der Waals surface area contributed by atoms with E-state index in [0.717, 1.165) is 36.8 Å². The van der Waals surface area contributed by atoms with Crippen molar-refractivity contribution < 1.29 is 9.47 Å². The average molecular weight is 331 g/mol. The number of rotatable bonds is 3. The Labute approximate surface area is 144 Å². The maximum Gasteiger partial charge on any atom is 0.132 e. The van der Waals surface area contributed by atoms with E-state index in [1.54, 1.807) is 7.11 Å². The fourth-order valence-electron chi connectivity index (χ4n) is 2.37. The van der Waals surface area contributed by atoms with E-state index in [1.807, 2.05) is 24.3 Å². The van der Waals surface area contributed by atoms with Gasteiger partial charge in [-0.05, 0) is 31.0 Å². The first kappa shape index (κ1) is 17.9. The van der Waals surface area contributed by atoms with Crippen LogP contribution in [0.3, 0.4) is 0 Å². The van der Waals surface area contributed by atoms with Crippen LogP contribution in [0.1, 0.15) is 11.1 Å². The van der Waals surface area contributed by atoms with Crippen LogP contribution in [-0.2, 0) is 11.2 Å². The minimum atomic E-state index is 0.353. The molecule has 2 aromatic rings. The number of benzene rings is 2. The van der Waals surface area contributed by atoms with Gasteiger partial charge in [-0.1, -0.05) is 42.0 Å². The van der Waals surface area contributed by atoms with E-state index in [4.69, 9.17) is 9.47 Å². The number of thiol groups is 1. The van der Waals surface area contributed by atoms with Gasteiger partial charge in [0.1, 0.15) is 5.75 Å². The molecule has 23 heavy (non-hydrogen) atoms. The van der Waals surface area contributed by atoms with Crippen LogP contribution in [-0.4, -0.2) is 32.9 Å². The SMILES string of the molecule is COc1ccccc1S.Cc1ccc(CC2CNCCO2)cc1. The predicted octanol–water partition coefficient (Wildman–Crippen LogP) is 3.51. The number of nitrogens with one attached hydrogen (secondary N) is 1. The first-order valence-corrected chi connectivity index (χ1v) is 8.33. The van der Waals surface area contributed by atoms with E-state index in [2.05, 4.69) is 49.1 Å². The zero-order chi connectivity index (χ0) is 16.5. The van der Waals surface area contributed by atoms with Crippen molar-refractivity contribution in [3.05, 3.63) is 59.7 Å². The van der Waals surface area contributed by atoms with Crippen LogP contribution in [0.4, 0.5) is 0 Å². The molecular formula is C19H25NO2S. The van der Waals surface area contributed by atoms with Gasteiger partial charge >= 0.3 is 0 Å². The Bertz CT molecular complexity index is 580. The molecule has 124 valence electrons. The third-order valence-electron chi connectivity index (χ3n) is 3.67. The lowest BCUT2D eigenvalue weighted by molar-refractivity contribution is 0.0292. The normalized spacial score (nSPS) is 17.1. The van der Waals surface area contributed by atoms with Crippen LogP contribution in [0.25, 0.3) is 0 Å². The van der Waals surface area contributed by atoms with E-state index < -0.39 is 0 Å². The number of morpholine rings is 1. The standard InChI is InChI=1S/C12H17NO.C7H8OS/c1-10-2-4-11(5-3-10)8-12-9-13-6-7-14-12;1-8-6-4-2-3-5-7(6)9/h2-5,12-13H,6-9H2,1H3;2-5,9H,1H3. The van der Waals surface area contributed by atoms with Crippen molar-refractivity contribution in [1.29, 1.82) is 0 Å². The molecule has 1 saturated heterocycles. The van der Waals surface area contributed by atoms with Crippen molar-refractivity contribution in [2.24, 2.45) is 0 Å².